The third-order valence-corrected chi connectivity index (χ3v) is 6.39. The first-order valence-corrected chi connectivity index (χ1v) is 8.30. The highest BCUT2D eigenvalue weighted by molar-refractivity contribution is 5.04. The zero-order valence-corrected chi connectivity index (χ0v) is 11.8. The van der Waals surface area contributed by atoms with Crippen LogP contribution in [0.15, 0.2) is 17.0 Å². The smallest absolute Gasteiger partial charge is 0.126 e. The van der Waals surface area contributed by atoms with E-state index in [0.29, 0.717) is 0 Å². The second kappa shape index (κ2) is 4.96. The van der Waals surface area contributed by atoms with Gasteiger partial charge in [0, 0.05) is 5.56 Å². The van der Waals surface area contributed by atoms with Crippen LogP contribution in [0.5, 0.6) is 0 Å². The Morgan fingerprint density at radius 1 is 0.947 bits per heavy atom. The van der Waals surface area contributed by atoms with Crippen LogP contribution in [-0.2, 0) is 6.42 Å². The van der Waals surface area contributed by atoms with Crippen LogP contribution in [-0.4, -0.2) is 5.16 Å². The van der Waals surface area contributed by atoms with Crippen molar-refractivity contribution < 1.29 is 4.52 Å². The zero-order valence-electron chi connectivity index (χ0n) is 11.8. The predicted octanol–water partition coefficient (Wildman–Crippen LogP) is 4.46. The van der Waals surface area contributed by atoms with Gasteiger partial charge >= 0.3 is 0 Å². The number of fused-ring (bicyclic) bond motifs is 3. The SMILES string of the molecule is c1nocc1CC1CCCC2C3CCCC3CCC12. The summed E-state index contributed by atoms with van der Waals surface area (Å²) < 4.78 is 5.01. The molecule has 3 aliphatic carbocycles. The van der Waals surface area contributed by atoms with Crippen molar-refractivity contribution in [2.24, 2.45) is 29.6 Å². The van der Waals surface area contributed by atoms with Gasteiger partial charge in [0.05, 0.1) is 6.20 Å². The Morgan fingerprint density at radius 3 is 2.74 bits per heavy atom. The third kappa shape index (κ3) is 2.13. The second-order valence-electron chi connectivity index (χ2n) is 7.19. The first kappa shape index (κ1) is 12.0. The Morgan fingerprint density at radius 2 is 1.84 bits per heavy atom. The highest BCUT2D eigenvalue weighted by atomic mass is 16.5. The summed E-state index contributed by atoms with van der Waals surface area (Å²) in [6, 6.07) is 0. The molecule has 3 fully saturated rings. The van der Waals surface area contributed by atoms with E-state index in [-0.39, 0.29) is 0 Å². The molecule has 4 rings (SSSR count). The van der Waals surface area contributed by atoms with E-state index in [1.807, 2.05) is 12.5 Å². The van der Waals surface area contributed by atoms with Gasteiger partial charge < -0.3 is 4.52 Å². The van der Waals surface area contributed by atoms with Crippen molar-refractivity contribution in [1.82, 2.24) is 5.16 Å². The van der Waals surface area contributed by atoms with Crippen LogP contribution in [0.4, 0.5) is 0 Å². The molecule has 1 heterocycles. The van der Waals surface area contributed by atoms with E-state index in [1.54, 1.807) is 0 Å². The van der Waals surface area contributed by atoms with E-state index in [4.69, 9.17) is 4.52 Å². The van der Waals surface area contributed by atoms with Crippen molar-refractivity contribution in [2.45, 2.75) is 57.8 Å². The molecule has 0 radical (unpaired) electrons. The third-order valence-electron chi connectivity index (χ3n) is 6.39. The van der Waals surface area contributed by atoms with Crippen molar-refractivity contribution in [3.8, 4) is 0 Å². The van der Waals surface area contributed by atoms with Gasteiger partial charge in [0.25, 0.3) is 0 Å². The van der Waals surface area contributed by atoms with Crippen LogP contribution in [0, 0.1) is 29.6 Å². The van der Waals surface area contributed by atoms with Crippen LogP contribution in [0.2, 0.25) is 0 Å². The monoisotopic (exact) mass is 259 g/mol. The summed E-state index contributed by atoms with van der Waals surface area (Å²) in [7, 11) is 0. The molecule has 0 N–H and O–H groups in total. The predicted molar refractivity (Wildman–Crippen MR) is 74.6 cm³/mol. The van der Waals surface area contributed by atoms with Crippen molar-refractivity contribution in [3.05, 3.63) is 18.0 Å². The average molecular weight is 259 g/mol. The quantitative estimate of drug-likeness (QED) is 0.783. The standard InChI is InChI=1S/C17H25NO/c1-3-13-7-8-16-14(9-12-10-18-19-11-12)4-2-6-17(16)15(13)5-1/h10-11,13-17H,1-9H2. The summed E-state index contributed by atoms with van der Waals surface area (Å²) in [6.07, 6.45) is 17.0. The van der Waals surface area contributed by atoms with Gasteiger partial charge in [0.2, 0.25) is 0 Å². The first-order chi connectivity index (χ1) is 9.42. The molecule has 5 unspecified atom stereocenters. The van der Waals surface area contributed by atoms with E-state index in [0.717, 1.165) is 29.6 Å². The lowest BCUT2D eigenvalue weighted by molar-refractivity contribution is 0.0308. The second-order valence-corrected chi connectivity index (χ2v) is 7.19. The molecule has 1 aromatic heterocycles. The average Bonchev–Trinajstić information content (AvgIpc) is 3.09. The van der Waals surface area contributed by atoms with E-state index in [1.165, 1.54) is 63.4 Å². The number of aromatic nitrogens is 1. The topological polar surface area (TPSA) is 26.0 Å². The molecule has 3 saturated carbocycles. The fraction of sp³-hybridized carbons (Fsp3) is 0.824. The van der Waals surface area contributed by atoms with Gasteiger partial charge in [0.1, 0.15) is 6.26 Å². The Labute approximate surface area is 115 Å². The lowest BCUT2D eigenvalue weighted by atomic mass is 9.58. The minimum atomic E-state index is 0.902. The van der Waals surface area contributed by atoms with Crippen LogP contribution < -0.4 is 0 Å². The Kier molecular flexibility index (Phi) is 3.13. The summed E-state index contributed by atoms with van der Waals surface area (Å²) in [5.41, 5.74) is 1.32. The van der Waals surface area contributed by atoms with E-state index in [2.05, 4.69) is 5.16 Å². The summed E-state index contributed by atoms with van der Waals surface area (Å²) in [4.78, 5) is 0. The molecule has 2 heteroatoms. The molecule has 0 aromatic carbocycles. The van der Waals surface area contributed by atoms with Gasteiger partial charge in [-0.1, -0.05) is 24.4 Å². The van der Waals surface area contributed by atoms with Gasteiger partial charge in [-0.3, -0.25) is 0 Å². The van der Waals surface area contributed by atoms with Crippen LogP contribution >= 0.6 is 0 Å². The lowest BCUT2D eigenvalue weighted by Crippen LogP contribution is -2.39. The van der Waals surface area contributed by atoms with Gasteiger partial charge in [-0.15, -0.1) is 0 Å². The largest absolute Gasteiger partial charge is 0.364 e. The van der Waals surface area contributed by atoms with Crippen LogP contribution in [0.25, 0.3) is 0 Å². The molecule has 0 aliphatic heterocycles. The molecule has 0 bridgehead atoms. The van der Waals surface area contributed by atoms with E-state index < -0.39 is 0 Å². The molecular weight excluding hydrogens is 234 g/mol. The minimum Gasteiger partial charge on any atom is -0.364 e. The van der Waals surface area contributed by atoms with E-state index >= 15 is 0 Å². The number of hydrogen-bond donors (Lipinski definition) is 0. The molecule has 1 aromatic rings. The minimum absolute atomic E-state index is 0.902. The normalized spacial score (nSPS) is 41.8. The highest BCUT2D eigenvalue weighted by Gasteiger charge is 2.45. The molecule has 0 spiro atoms. The fourth-order valence-corrected chi connectivity index (χ4v) is 5.65. The van der Waals surface area contributed by atoms with Crippen molar-refractivity contribution >= 4 is 0 Å². The van der Waals surface area contributed by atoms with Gasteiger partial charge in [0.15, 0.2) is 0 Å². The van der Waals surface area contributed by atoms with Crippen molar-refractivity contribution in [2.75, 3.05) is 0 Å². The molecule has 104 valence electrons. The number of nitrogens with zero attached hydrogens (tertiary/aromatic N) is 1. The Balaban J connectivity index is 1.51. The Hall–Kier alpha value is -0.790. The summed E-state index contributed by atoms with van der Waals surface area (Å²) in [6.45, 7) is 0. The maximum Gasteiger partial charge on any atom is 0.126 e. The molecule has 5 atom stereocenters. The fourth-order valence-electron chi connectivity index (χ4n) is 5.65. The summed E-state index contributed by atoms with van der Waals surface area (Å²) in [5.74, 6) is 5.14. The van der Waals surface area contributed by atoms with Crippen molar-refractivity contribution in [1.29, 1.82) is 0 Å². The zero-order chi connectivity index (χ0) is 12.7. The van der Waals surface area contributed by atoms with Gasteiger partial charge in [-0.05, 0) is 68.1 Å². The molecule has 2 nitrogen and oxygen atoms in total. The number of rotatable bonds is 2. The molecule has 19 heavy (non-hydrogen) atoms. The maximum absolute atomic E-state index is 5.01. The number of hydrogen-bond acceptors (Lipinski definition) is 2. The summed E-state index contributed by atoms with van der Waals surface area (Å²) >= 11 is 0. The molecule has 3 aliphatic rings. The first-order valence-electron chi connectivity index (χ1n) is 8.30. The lowest BCUT2D eigenvalue weighted by Gasteiger charge is -2.47. The van der Waals surface area contributed by atoms with Gasteiger partial charge in [-0.2, -0.15) is 0 Å². The molecular formula is C17H25NO. The van der Waals surface area contributed by atoms with E-state index in [9.17, 15) is 0 Å². The summed E-state index contributed by atoms with van der Waals surface area (Å²) in [5, 5.41) is 3.87. The van der Waals surface area contributed by atoms with Gasteiger partial charge in [-0.25, -0.2) is 0 Å². The van der Waals surface area contributed by atoms with Crippen LogP contribution in [0.1, 0.15) is 56.9 Å². The molecule has 0 amide bonds. The van der Waals surface area contributed by atoms with Crippen molar-refractivity contribution in [3.63, 3.8) is 0 Å². The Bertz CT molecular complexity index is 413. The van der Waals surface area contributed by atoms with Crippen LogP contribution in [0.3, 0.4) is 0 Å². The maximum atomic E-state index is 5.01. The highest BCUT2D eigenvalue weighted by Crippen LogP contribution is 2.54. The molecule has 0 saturated heterocycles.